The van der Waals surface area contributed by atoms with Gasteiger partial charge in [0.1, 0.15) is 4.88 Å². The molecule has 1 N–H and O–H groups in total. The number of nitrogens with one attached hydrogen (secondary N) is 1. The Morgan fingerprint density at radius 3 is 2.81 bits per heavy atom. The van der Waals surface area contributed by atoms with E-state index in [-0.39, 0.29) is 5.91 Å². The Morgan fingerprint density at radius 2 is 2.14 bits per heavy atom. The van der Waals surface area contributed by atoms with Crippen molar-refractivity contribution >= 4 is 17.2 Å². The second-order valence-electron chi connectivity index (χ2n) is 5.45. The molecule has 21 heavy (non-hydrogen) atoms. The smallest absolute Gasteiger partial charge is 0.263 e. The molecule has 0 fully saturated rings. The molecule has 0 aromatic carbocycles. The second kappa shape index (κ2) is 7.31. The van der Waals surface area contributed by atoms with Crippen LogP contribution in [0, 0.1) is 12.8 Å². The molecule has 0 spiro atoms. The zero-order valence-electron chi connectivity index (χ0n) is 12.7. The lowest BCUT2D eigenvalue weighted by molar-refractivity contribution is 0.0952. The molecule has 0 atom stereocenters. The van der Waals surface area contributed by atoms with Gasteiger partial charge in [0.25, 0.3) is 5.91 Å². The fourth-order valence-electron chi connectivity index (χ4n) is 1.93. The molecule has 0 radical (unpaired) electrons. The van der Waals surface area contributed by atoms with Gasteiger partial charge in [0, 0.05) is 24.9 Å². The number of pyridine rings is 1. The molecule has 2 rings (SSSR count). The minimum Gasteiger partial charge on any atom is -0.351 e. The molecule has 4 nitrogen and oxygen atoms in total. The zero-order valence-corrected chi connectivity index (χ0v) is 13.5. The van der Waals surface area contributed by atoms with Crippen LogP contribution in [0.5, 0.6) is 0 Å². The van der Waals surface area contributed by atoms with Gasteiger partial charge in [-0.25, -0.2) is 4.98 Å². The summed E-state index contributed by atoms with van der Waals surface area (Å²) < 4.78 is 0. The van der Waals surface area contributed by atoms with E-state index in [1.807, 2.05) is 25.1 Å². The fraction of sp³-hybridized carbons (Fsp3) is 0.438. The first kappa shape index (κ1) is 15.6. The van der Waals surface area contributed by atoms with Crippen LogP contribution in [0.3, 0.4) is 0 Å². The van der Waals surface area contributed by atoms with Gasteiger partial charge < -0.3 is 5.32 Å². The van der Waals surface area contributed by atoms with Gasteiger partial charge in [0.15, 0.2) is 0 Å². The average Bonchev–Trinajstić information content (AvgIpc) is 2.85. The van der Waals surface area contributed by atoms with E-state index in [1.54, 1.807) is 6.20 Å². The number of thiazole rings is 1. The number of carbonyl (C=O) groups is 1. The van der Waals surface area contributed by atoms with Crippen molar-refractivity contribution in [1.82, 2.24) is 15.3 Å². The molecule has 0 unspecified atom stereocenters. The van der Waals surface area contributed by atoms with Gasteiger partial charge in [-0.3, -0.25) is 9.78 Å². The third-order valence-corrected chi connectivity index (χ3v) is 4.26. The number of aryl methyl sites for hydroxylation is 3. The third-order valence-electron chi connectivity index (χ3n) is 3.04. The van der Waals surface area contributed by atoms with Crippen molar-refractivity contribution in [2.75, 3.05) is 6.54 Å². The van der Waals surface area contributed by atoms with E-state index in [1.165, 1.54) is 11.3 Å². The summed E-state index contributed by atoms with van der Waals surface area (Å²) in [6.07, 6.45) is 3.47. The second-order valence-corrected chi connectivity index (χ2v) is 6.53. The summed E-state index contributed by atoms with van der Waals surface area (Å²) in [7, 11) is 0. The highest BCUT2D eigenvalue weighted by Crippen LogP contribution is 2.19. The first-order valence-corrected chi connectivity index (χ1v) is 8.02. The van der Waals surface area contributed by atoms with Crippen LogP contribution in [-0.4, -0.2) is 22.4 Å². The number of aromatic nitrogens is 2. The number of rotatable bonds is 6. The van der Waals surface area contributed by atoms with Crippen molar-refractivity contribution in [3.63, 3.8) is 0 Å². The summed E-state index contributed by atoms with van der Waals surface area (Å²) in [6, 6.07) is 5.91. The fourth-order valence-corrected chi connectivity index (χ4v) is 2.91. The van der Waals surface area contributed by atoms with E-state index < -0.39 is 0 Å². The van der Waals surface area contributed by atoms with Crippen molar-refractivity contribution in [2.45, 2.75) is 33.6 Å². The molecule has 0 bridgehead atoms. The number of nitrogens with zero attached hydrogens (tertiary/aromatic N) is 2. The van der Waals surface area contributed by atoms with Crippen LogP contribution in [-0.2, 0) is 12.8 Å². The maximum Gasteiger partial charge on any atom is 0.263 e. The van der Waals surface area contributed by atoms with Crippen LogP contribution >= 0.6 is 11.3 Å². The molecular formula is C16H21N3OS. The predicted octanol–water partition coefficient (Wildman–Crippen LogP) is 3.02. The van der Waals surface area contributed by atoms with Gasteiger partial charge in [0.05, 0.1) is 10.7 Å². The maximum atomic E-state index is 12.1. The Balaban J connectivity index is 1.97. The van der Waals surface area contributed by atoms with Crippen molar-refractivity contribution in [2.24, 2.45) is 5.92 Å². The number of carbonyl (C=O) groups excluding carboxylic acids is 1. The topological polar surface area (TPSA) is 54.9 Å². The molecular weight excluding hydrogens is 282 g/mol. The minimum absolute atomic E-state index is 0.0113. The highest BCUT2D eigenvalue weighted by Gasteiger charge is 2.15. The monoisotopic (exact) mass is 303 g/mol. The lowest BCUT2D eigenvalue weighted by Crippen LogP contribution is -2.27. The largest absolute Gasteiger partial charge is 0.351 e. The van der Waals surface area contributed by atoms with Gasteiger partial charge in [-0.15, -0.1) is 11.3 Å². The molecule has 2 aromatic heterocycles. The van der Waals surface area contributed by atoms with Crippen molar-refractivity contribution in [3.05, 3.63) is 45.7 Å². The van der Waals surface area contributed by atoms with Gasteiger partial charge in [-0.2, -0.15) is 0 Å². The molecule has 5 heteroatoms. The highest BCUT2D eigenvalue weighted by atomic mass is 32.1. The molecule has 2 aromatic rings. The average molecular weight is 303 g/mol. The SMILES string of the molecule is Cc1nc(CCc2ccccn2)sc1C(=O)NCC(C)C. The van der Waals surface area contributed by atoms with E-state index in [2.05, 4.69) is 29.1 Å². The lowest BCUT2D eigenvalue weighted by atomic mass is 10.2. The number of amides is 1. The summed E-state index contributed by atoms with van der Waals surface area (Å²) in [6.45, 7) is 6.75. The van der Waals surface area contributed by atoms with Crippen LogP contribution in [0.1, 0.15) is 39.9 Å². The van der Waals surface area contributed by atoms with Crippen LogP contribution in [0.4, 0.5) is 0 Å². The maximum absolute atomic E-state index is 12.1. The molecule has 1 amide bonds. The summed E-state index contributed by atoms with van der Waals surface area (Å²) in [5.41, 5.74) is 1.87. The van der Waals surface area contributed by atoms with Crippen LogP contribution in [0.15, 0.2) is 24.4 Å². The molecule has 2 heterocycles. The first-order chi connectivity index (χ1) is 10.1. The quantitative estimate of drug-likeness (QED) is 0.892. The molecule has 0 aliphatic heterocycles. The summed E-state index contributed by atoms with van der Waals surface area (Å²) >= 11 is 1.49. The van der Waals surface area contributed by atoms with Crippen molar-refractivity contribution < 1.29 is 4.79 Å². The molecule has 112 valence electrons. The van der Waals surface area contributed by atoms with Gasteiger partial charge in [-0.05, 0) is 31.4 Å². The van der Waals surface area contributed by atoms with Gasteiger partial charge >= 0.3 is 0 Å². The van der Waals surface area contributed by atoms with E-state index in [4.69, 9.17) is 0 Å². The predicted molar refractivity (Wildman–Crippen MR) is 85.7 cm³/mol. The van der Waals surface area contributed by atoms with Crippen LogP contribution in [0.2, 0.25) is 0 Å². The Morgan fingerprint density at radius 1 is 1.33 bits per heavy atom. The lowest BCUT2D eigenvalue weighted by Gasteiger charge is -2.06. The Kier molecular flexibility index (Phi) is 5.44. The summed E-state index contributed by atoms with van der Waals surface area (Å²) in [5, 5.41) is 3.94. The highest BCUT2D eigenvalue weighted by molar-refractivity contribution is 7.13. The normalized spacial score (nSPS) is 10.9. The Hall–Kier alpha value is -1.75. The van der Waals surface area contributed by atoms with E-state index in [0.717, 1.165) is 34.1 Å². The van der Waals surface area contributed by atoms with Gasteiger partial charge in [-0.1, -0.05) is 19.9 Å². The summed E-state index contributed by atoms with van der Waals surface area (Å²) in [5.74, 6) is 0.439. The van der Waals surface area contributed by atoms with Crippen LogP contribution < -0.4 is 5.32 Å². The summed E-state index contributed by atoms with van der Waals surface area (Å²) in [4.78, 5) is 21.6. The Bertz CT molecular complexity index is 593. The number of hydrogen-bond acceptors (Lipinski definition) is 4. The number of hydrogen-bond donors (Lipinski definition) is 1. The van der Waals surface area contributed by atoms with Gasteiger partial charge in [0.2, 0.25) is 0 Å². The third kappa shape index (κ3) is 4.63. The molecule has 0 saturated carbocycles. The first-order valence-electron chi connectivity index (χ1n) is 7.20. The zero-order chi connectivity index (χ0) is 15.2. The molecule has 0 aliphatic rings. The standard InChI is InChI=1S/C16H21N3OS/c1-11(2)10-18-16(20)15-12(3)19-14(21-15)8-7-13-6-4-5-9-17-13/h4-6,9,11H,7-8,10H2,1-3H3,(H,18,20). The van der Waals surface area contributed by atoms with Crippen molar-refractivity contribution in [3.8, 4) is 0 Å². The van der Waals surface area contributed by atoms with E-state index in [0.29, 0.717) is 12.5 Å². The van der Waals surface area contributed by atoms with E-state index in [9.17, 15) is 4.79 Å². The molecule has 0 aliphatic carbocycles. The molecule has 0 saturated heterocycles. The van der Waals surface area contributed by atoms with Crippen molar-refractivity contribution in [1.29, 1.82) is 0 Å². The van der Waals surface area contributed by atoms with Crippen LogP contribution in [0.25, 0.3) is 0 Å². The minimum atomic E-state index is -0.0113. The Labute approximate surface area is 129 Å². The van der Waals surface area contributed by atoms with E-state index >= 15 is 0 Å².